The van der Waals surface area contributed by atoms with Crippen molar-refractivity contribution in [3.8, 4) is 0 Å². The maximum atomic E-state index is 12.3. The predicted octanol–water partition coefficient (Wildman–Crippen LogP) is 2.75. The van der Waals surface area contributed by atoms with Gasteiger partial charge in [-0.05, 0) is 38.5 Å². The fraction of sp³-hybridized carbons (Fsp3) is 0.267. The summed E-state index contributed by atoms with van der Waals surface area (Å²) in [5.41, 5.74) is 2.57. The molecule has 1 heterocycles. The molecule has 1 aromatic carbocycles. The number of thiazole rings is 1. The number of nitrogens with zero attached hydrogens (tertiary/aromatic N) is 2. The Hall–Kier alpha value is -2.21. The molecule has 0 saturated heterocycles. The minimum Gasteiger partial charge on any atom is -0.304 e. The molecule has 0 atom stereocenters. The Morgan fingerprint density at radius 1 is 1.33 bits per heavy atom. The molecule has 1 N–H and O–H groups in total. The third kappa shape index (κ3) is 3.66. The van der Waals surface area contributed by atoms with Crippen molar-refractivity contribution >= 4 is 34.0 Å². The summed E-state index contributed by atoms with van der Waals surface area (Å²) in [5, 5.41) is 4.79. The summed E-state index contributed by atoms with van der Waals surface area (Å²) in [4.78, 5) is 29.9. The fourth-order valence-electron chi connectivity index (χ4n) is 1.92. The third-order valence-corrected chi connectivity index (χ3v) is 3.78. The molecule has 0 aliphatic heterocycles. The number of aromatic nitrogens is 1. The molecule has 2 amide bonds. The molecule has 0 saturated carbocycles. The Morgan fingerprint density at radius 3 is 2.67 bits per heavy atom. The molecule has 0 unspecified atom stereocenters. The minimum absolute atomic E-state index is 0.423. The first-order valence-corrected chi connectivity index (χ1v) is 7.51. The Morgan fingerprint density at radius 2 is 2.10 bits per heavy atom. The van der Waals surface area contributed by atoms with Crippen LogP contribution in [-0.4, -0.2) is 23.3 Å². The molecule has 0 bridgehead atoms. The van der Waals surface area contributed by atoms with Gasteiger partial charge in [-0.25, -0.2) is 4.98 Å². The van der Waals surface area contributed by atoms with Gasteiger partial charge in [0.05, 0.1) is 5.69 Å². The predicted molar refractivity (Wildman–Crippen MR) is 84.7 cm³/mol. The number of hydrogen-bond acceptors (Lipinski definition) is 4. The molecular formula is C15H17N3O2S. The molecule has 2 aromatic rings. The minimum atomic E-state index is -0.673. The average molecular weight is 303 g/mol. The number of carbonyl (C=O) groups excluding carboxylic acids is 2. The lowest BCUT2D eigenvalue weighted by Crippen LogP contribution is -2.39. The lowest BCUT2D eigenvalue weighted by atomic mass is 10.2. The monoisotopic (exact) mass is 303 g/mol. The van der Waals surface area contributed by atoms with E-state index in [0.717, 1.165) is 11.3 Å². The summed E-state index contributed by atoms with van der Waals surface area (Å²) in [6.07, 6.45) is 0. The second-order valence-electron chi connectivity index (χ2n) is 4.64. The molecular weight excluding hydrogens is 286 g/mol. The van der Waals surface area contributed by atoms with Crippen molar-refractivity contribution in [1.29, 1.82) is 0 Å². The Kier molecular flexibility index (Phi) is 4.70. The van der Waals surface area contributed by atoms with Crippen molar-refractivity contribution in [2.24, 2.45) is 0 Å². The van der Waals surface area contributed by atoms with E-state index in [2.05, 4.69) is 10.3 Å². The lowest BCUT2D eigenvalue weighted by Gasteiger charge is -2.20. The smallest absolute Gasteiger partial charge is 0.304 e. The summed E-state index contributed by atoms with van der Waals surface area (Å²) in [7, 11) is 0. The Labute approximate surface area is 127 Å². The highest BCUT2D eigenvalue weighted by Gasteiger charge is 2.22. The highest BCUT2D eigenvalue weighted by atomic mass is 32.1. The number of aryl methyl sites for hydroxylation is 2. The molecule has 6 heteroatoms. The number of hydrogen-bond donors (Lipinski definition) is 1. The maximum Gasteiger partial charge on any atom is 0.316 e. The van der Waals surface area contributed by atoms with Crippen molar-refractivity contribution in [1.82, 2.24) is 4.98 Å². The van der Waals surface area contributed by atoms with Crippen LogP contribution >= 0.6 is 11.3 Å². The quantitative estimate of drug-likeness (QED) is 0.887. The maximum absolute atomic E-state index is 12.3. The standard InChI is InChI=1S/C15H17N3O2S/c1-4-18(12-7-5-6-10(2)8-12)14(20)13(19)17-15-16-11(3)9-21-15/h5-9H,4H2,1-3H3,(H,16,17,19). The number of anilines is 2. The van der Waals surface area contributed by atoms with Crippen LogP contribution in [0, 0.1) is 13.8 Å². The second-order valence-corrected chi connectivity index (χ2v) is 5.49. The van der Waals surface area contributed by atoms with Crippen molar-refractivity contribution in [2.45, 2.75) is 20.8 Å². The summed E-state index contributed by atoms with van der Waals surface area (Å²) in [6, 6.07) is 7.50. The first-order chi connectivity index (χ1) is 10.0. The molecule has 0 spiro atoms. The zero-order valence-electron chi connectivity index (χ0n) is 12.2. The van der Waals surface area contributed by atoms with E-state index in [1.165, 1.54) is 16.2 Å². The van der Waals surface area contributed by atoms with Crippen LogP contribution in [0.3, 0.4) is 0 Å². The van der Waals surface area contributed by atoms with Crippen LogP contribution in [0.2, 0.25) is 0 Å². The van der Waals surface area contributed by atoms with E-state index in [9.17, 15) is 9.59 Å². The van der Waals surface area contributed by atoms with Crippen molar-refractivity contribution in [3.63, 3.8) is 0 Å². The van der Waals surface area contributed by atoms with E-state index >= 15 is 0 Å². The first-order valence-electron chi connectivity index (χ1n) is 6.63. The highest BCUT2D eigenvalue weighted by Crippen LogP contribution is 2.18. The van der Waals surface area contributed by atoms with E-state index in [4.69, 9.17) is 0 Å². The van der Waals surface area contributed by atoms with Crippen LogP contribution in [-0.2, 0) is 9.59 Å². The number of carbonyl (C=O) groups is 2. The van der Waals surface area contributed by atoms with E-state index in [-0.39, 0.29) is 0 Å². The summed E-state index contributed by atoms with van der Waals surface area (Å²) >= 11 is 1.30. The van der Waals surface area contributed by atoms with Gasteiger partial charge in [-0.15, -0.1) is 11.3 Å². The van der Waals surface area contributed by atoms with Gasteiger partial charge < -0.3 is 4.90 Å². The zero-order valence-corrected chi connectivity index (χ0v) is 13.0. The molecule has 110 valence electrons. The summed E-state index contributed by atoms with van der Waals surface area (Å²) in [6.45, 7) is 6.03. The molecule has 0 aliphatic rings. The van der Waals surface area contributed by atoms with E-state index in [1.54, 1.807) is 0 Å². The second kappa shape index (κ2) is 6.49. The van der Waals surface area contributed by atoms with Gasteiger partial charge in [0.1, 0.15) is 0 Å². The Bertz CT molecular complexity index is 666. The third-order valence-electron chi connectivity index (χ3n) is 2.91. The van der Waals surface area contributed by atoms with Gasteiger partial charge in [0.15, 0.2) is 5.13 Å². The van der Waals surface area contributed by atoms with Gasteiger partial charge in [-0.2, -0.15) is 0 Å². The fourth-order valence-corrected chi connectivity index (χ4v) is 2.61. The summed E-state index contributed by atoms with van der Waals surface area (Å²) < 4.78 is 0. The first kappa shape index (κ1) is 15.2. The van der Waals surface area contributed by atoms with Crippen LogP contribution in [0.25, 0.3) is 0 Å². The van der Waals surface area contributed by atoms with Crippen LogP contribution in [0.1, 0.15) is 18.2 Å². The number of rotatable bonds is 3. The van der Waals surface area contributed by atoms with E-state index in [1.807, 2.05) is 50.4 Å². The van der Waals surface area contributed by atoms with Crippen LogP contribution in [0.15, 0.2) is 29.6 Å². The van der Waals surface area contributed by atoms with E-state index < -0.39 is 11.8 Å². The van der Waals surface area contributed by atoms with Gasteiger partial charge in [0, 0.05) is 17.6 Å². The van der Waals surface area contributed by atoms with E-state index in [0.29, 0.717) is 17.4 Å². The Balaban J connectivity index is 2.14. The normalized spacial score (nSPS) is 10.2. The SMILES string of the molecule is CCN(C(=O)C(=O)Nc1nc(C)cs1)c1cccc(C)c1. The molecule has 21 heavy (non-hydrogen) atoms. The number of benzene rings is 1. The molecule has 0 radical (unpaired) electrons. The van der Waals surface area contributed by atoms with Crippen LogP contribution in [0.5, 0.6) is 0 Å². The van der Waals surface area contributed by atoms with Crippen LogP contribution in [0.4, 0.5) is 10.8 Å². The molecule has 5 nitrogen and oxygen atoms in total. The number of nitrogens with one attached hydrogen (secondary N) is 1. The van der Waals surface area contributed by atoms with Gasteiger partial charge in [0.25, 0.3) is 0 Å². The van der Waals surface area contributed by atoms with Gasteiger partial charge >= 0.3 is 11.8 Å². The number of amides is 2. The summed E-state index contributed by atoms with van der Waals surface area (Å²) in [5.74, 6) is -1.26. The van der Waals surface area contributed by atoms with Gasteiger partial charge in [-0.3, -0.25) is 14.9 Å². The topological polar surface area (TPSA) is 62.3 Å². The largest absolute Gasteiger partial charge is 0.316 e. The lowest BCUT2D eigenvalue weighted by molar-refractivity contribution is -0.134. The zero-order chi connectivity index (χ0) is 15.4. The van der Waals surface area contributed by atoms with Crippen molar-refractivity contribution in [2.75, 3.05) is 16.8 Å². The number of likely N-dealkylation sites (N-methyl/N-ethyl adjacent to an activating group) is 1. The molecule has 0 aliphatic carbocycles. The van der Waals surface area contributed by atoms with Gasteiger partial charge in [-0.1, -0.05) is 12.1 Å². The molecule has 0 fully saturated rings. The van der Waals surface area contributed by atoms with Gasteiger partial charge in [0.2, 0.25) is 0 Å². The highest BCUT2D eigenvalue weighted by molar-refractivity contribution is 7.14. The average Bonchev–Trinajstić information content (AvgIpc) is 2.85. The van der Waals surface area contributed by atoms with Crippen molar-refractivity contribution < 1.29 is 9.59 Å². The van der Waals surface area contributed by atoms with Crippen molar-refractivity contribution in [3.05, 3.63) is 40.9 Å². The molecule has 2 rings (SSSR count). The molecule has 1 aromatic heterocycles. The van der Waals surface area contributed by atoms with Crippen LogP contribution < -0.4 is 10.2 Å².